The molecule has 3 N–H and O–H groups in total. The Morgan fingerprint density at radius 2 is 2.24 bits per heavy atom. The van der Waals surface area contributed by atoms with E-state index in [9.17, 15) is 4.79 Å². The zero-order valence-corrected chi connectivity index (χ0v) is 14.3. The summed E-state index contributed by atoms with van der Waals surface area (Å²) >= 11 is 1.66. The number of carbonyl (C=O) groups excluding carboxylic acids is 1. The standard InChI is InChI=1S/C16H27N3OS/c1-10-9-21-14(19-10)7-8-18-15(20)12-5-6-13(17)11(2)16(12,3)4/h9,11-13H,5-8,17H2,1-4H3,(H,18,20). The monoisotopic (exact) mass is 309 g/mol. The van der Waals surface area contributed by atoms with Crippen molar-refractivity contribution >= 4 is 17.2 Å². The topological polar surface area (TPSA) is 68.0 Å². The molecule has 0 aliphatic heterocycles. The quantitative estimate of drug-likeness (QED) is 0.898. The number of rotatable bonds is 4. The van der Waals surface area contributed by atoms with Gasteiger partial charge < -0.3 is 11.1 Å². The number of nitrogens with zero attached hydrogens (tertiary/aromatic N) is 1. The van der Waals surface area contributed by atoms with Gasteiger partial charge in [-0.25, -0.2) is 4.98 Å². The van der Waals surface area contributed by atoms with E-state index in [0.717, 1.165) is 30.0 Å². The van der Waals surface area contributed by atoms with Crippen molar-refractivity contribution in [2.75, 3.05) is 6.54 Å². The molecule has 21 heavy (non-hydrogen) atoms. The summed E-state index contributed by atoms with van der Waals surface area (Å²) in [7, 11) is 0. The summed E-state index contributed by atoms with van der Waals surface area (Å²) in [6.07, 6.45) is 2.64. The van der Waals surface area contributed by atoms with Gasteiger partial charge in [0.15, 0.2) is 0 Å². The molecule has 0 aromatic carbocycles. The highest BCUT2D eigenvalue weighted by Gasteiger charge is 2.44. The van der Waals surface area contributed by atoms with Crippen molar-refractivity contribution in [3.63, 3.8) is 0 Å². The van der Waals surface area contributed by atoms with Crippen molar-refractivity contribution in [1.29, 1.82) is 0 Å². The second kappa shape index (κ2) is 6.44. The molecular formula is C16H27N3OS. The fraction of sp³-hybridized carbons (Fsp3) is 0.750. The number of hydrogen-bond donors (Lipinski definition) is 2. The molecule has 0 saturated heterocycles. The van der Waals surface area contributed by atoms with Gasteiger partial charge in [0.25, 0.3) is 0 Å². The smallest absolute Gasteiger partial charge is 0.223 e. The van der Waals surface area contributed by atoms with Crippen LogP contribution in [0.15, 0.2) is 5.38 Å². The van der Waals surface area contributed by atoms with Crippen LogP contribution in [0, 0.1) is 24.2 Å². The van der Waals surface area contributed by atoms with E-state index in [1.54, 1.807) is 11.3 Å². The van der Waals surface area contributed by atoms with Crippen LogP contribution >= 0.6 is 11.3 Å². The van der Waals surface area contributed by atoms with Crippen LogP contribution in [0.1, 0.15) is 44.3 Å². The van der Waals surface area contributed by atoms with Crippen LogP contribution in [-0.2, 0) is 11.2 Å². The van der Waals surface area contributed by atoms with Gasteiger partial charge in [-0.3, -0.25) is 4.79 Å². The first-order valence-corrected chi connectivity index (χ1v) is 8.64. The van der Waals surface area contributed by atoms with Gasteiger partial charge in [0.05, 0.1) is 5.01 Å². The Morgan fingerprint density at radius 3 is 2.86 bits per heavy atom. The number of thiazole rings is 1. The molecular weight excluding hydrogens is 282 g/mol. The van der Waals surface area contributed by atoms with Crippen LogP contribution in [0.5, 0.6) is 0 Å². The minimum atomic E-state index is -0.0421. The minimum absolute atomic E-state index is 0.0421. The van der Waals surface area contributed by atoms with Gasteiger partial charge in [-0.1, -0.05) is 20.8 Å². The van der Waals surface area contributed by atoms with E-state index in [2.05, 4.69) is 31.1 Å². The molecule has 1 saturated carbocycles. The molecule has 1 amide bonds. The van der Waals surface area contributed by atoms with E-state index in [1.165, 1.54) is 0 Å². The predicted molar refractivity (Wildman–Crippen MR) is 87.2 cm³/mol. The average Bonchev–Trinajstić information content (AvgIpc) is 2.82. The van der Waals surface area contributed by atoms with E-state index in [1.807, 2.05) is 12.3 Å². The molecule has 0 spiro atoms. The third kappa shape index (κ3) is 3.64. The number of carbonyl (C=O) groups is 1. The molecule has 1 aliphatic carbocycles. The van der Waals surface area contributed by atoms with Crippen molar-refractivity contribution in [3.8, 4) is 0 Å². The Bertz CT molecular complexity index is 497. The molecule has 1 aromatic rings. The van der Waals surface area contributed by atoms with Crippen LogP contribution in [0.25, 0.3) is 0 Å². The first-order valence-electron chi connectivity index (χ1n) is 7.76. The Labute approximate surface area is 131 Å². The van der Waals surface area contributed by atoms with Gasteiger partial charge in [0.1, 0.15) is 0 Å². The average molecular weight is 309 g/mol. The van der Waals surface area contributed by atoms with Crippen LogP contribution in [0.3, 0.4) is 0 Å². The molecule has 4 nitrogen and oxygen atoms in total. The summed E-state index contributed by atoms with van der Waals surface area (Å²) in [6, 6.07) is 0.211. The highest BCUT2D eigenvalue weighted by atomic mass is 32.1. The van der Waals surface area contributed by atoms with Crippen molar-refractivity contribution < 1.29 is 4.79 Å². The second-order valence-corrected chi connectivity index (χ2v) is 7.77. The predicted octanol–water partition coefficient (Wildman–Crippen LogP) is 2.51. The maximum absolute atomic E-state index is 12.5. The largest absolute Gasteiger partial charge is 0.355 e. The van der Waals surface area contributed by atoms with Crippen molar-refractivity contribution in [1.82, 2.24) is 10.3 Å². The Balaban J connectivity index is 1.88. The lowest BCUT2D eigenvalue weighted by molar-refractivity contribution is -0.132. The van der Waals surface area contributed by atoms with Crippen LogP contribution in [-0.4, -0.2) is 23.5 Å². The number of hydrogen-bond acceptors (Lipinski definition) is 4. The molecule has 0 radical (unpaired) electrons. The van der Waals surface area contributed by atoms with Gasteiger partial charge in [0, 0.05) is 36.0 Å². The highest BCUT2D eigenvalue weighted by molar-refractivity contribution is 7.09. The summed E-state index contributed by atoms with van der Waals surface area (Å²) < 4.78 is 0. The Morgan fingerprint density at radius 1 is 1.52 bits per heavy atom. The molecule has 5 heteroatoms. The summed E-state index contributed by atoms with van der Waals surface area (Å²) in [6.45, 7) is 9.17. The maximum atomic E-state index is 12.5. The van der Waals surface area contributed by atoms with Gasteiger partial charge >= 0.3 is 0 Å². The van der Waals surface area contributed by atoms with Crippen LogP contribution < -0.4 is 11.1 Å². The fourth-order valence-electron chi connectivity index (χ4n) is 3.25. The van der Waals surface area contributed by atoms with Crippen molar-refractivity contribution in [2.45, 2.75) is 53.0 Å². The lowest BCUT2D eigenvalue weighted by atomic mass is 9.61. The van der Waals surface area contributed by atoms with Crippen LogP contribution in [0.2, 0.25) is 0 Å². The van der Waals surface area contributed by atoms with Crippen molar-refractivity contribution in [2.24, 2.45) is 23.0 Å². The second-order valence-electron chi connectivity index (χ2n) is 6.83. The van der Waals surface area contributed by atoms with E-state index in [0.29, 0.717) is 12.5 Å². The number of amides is 1. The first-order chi connectivity index (χ1) is 9.82. The molecule has 1 aliphatic rings. The summed E-state index contributed by atoms with van der Waals surface area (Å²) in [4.78, 5) is 16.9. The van der Waals surface area contributed by atoms with Gasteiger partial charge in [-0.05, 0) is 31.1 Å². The lowest BCUT2D eigenvalue weighted by Gasteiger charge is -2.46. The molecule has 3 atom stereocenters. The molecule has 1 fully saturated rings. The number of nitrogens with one attached hydrogen (secondary N) is 1. The van der Waals surface area contributed by atoms with Gasteiger partial charge in [-0.15, -0.1) is 11.3 Å². The fourth-order valence-corrected chi connectivity index (χ4v) is 4.03. The Kier molecular flexibility index (Phi) is 5.04. The molecule has 1 aromatic heterocycles. The van der Waals surface area contributed by atoms with E-state index >= 15 is 0 Å². The van der Waals surface area contributed by atoms with Gasteiger partial charge in [-0.2, -0.15) is 0 Å². The van der Waals surface area contributed by atoms with Crippen molar-refractivity contribution in [3.05, 3.63) is 16.1 Å². The highest BCUT2D eigenvalue weighted by Crippen LogP contribution is 2.44. The molecule has 1 heterocycles. The zero-order chi connectivity index (χ0) is 15.6. The lowest BCUT2D eigenvalue weighted by Crippen LogP contribution is -2.51. The molecule has 3 unspecified atom stereocenters. The first kappa shape index (κ1) is 16.4. The third-order valence-corrected chi connectivity index (χ3v) is 6.15. The molecule has 0 bridgehead atoms. The van der Waals surface area contributed by atoms with Crippen LogP contribution in [0.4, 0.5) is 0 Å². The van der Waals surface area contributed by atoms with E-state index in [-0.39, 0.29) is 23.3 Å². The number of aromatic nitrogens is 1. The summed E-state index contributed by atoms with van der Waals surface area (Å²) in [5.74, 6) is 0.598. The Hall–Kier alpha value is -0.940. The molecule has 2 rings (SSSR count). The molecule has 118 valence electrons. The maximum Gasteiger partial charge on any atom is 0.223 e. The summed E-state index contributed by atoms with van der Waals surface area (Å²) in [5.41, 5.74) is 7.17. The van der Waals surface area contributed by atoms with E-state index < -0.39 is 0 Å². The normalized spacial score (nSPS) is 28.3. The zero-order valence-electron chi connectivity index (χ0n) is 13.5. The summed E-state index contributed by atoms with van der Waals surface area (Å²) in [5, 5.41) is 6.22. The van der Waals surface area contributed by atoms with E-state index in [4.69, 9.17) is 5.73 Å². The third-order valence-electron chi connectivity index (χ3n) is 5.12. The SMILES string of the molecule is Cc1csc(CCNC(=O)C2CCC(N)C(C)C2(C)C)n1. The number of aryl methyl sites for hydroxylation is 1. The minimum Gasteiger partial charge on any atom is -0.355 e. The van der Waals surface area contributed by atoms with Gasteiger partial charge in [0.2, 0.25) is 5.91 Å². The number of nitrogens with two attached hydrogens (primary N) is 1.